The minimum atomic E-state index is -0.420. The standard InChI is InChI=1S/C12H14N4O2S/c1-8-4-11(13-5-10(8)16(17)18)15(3)6-12-14-9(2)7-19-12/h4-5,7H,6H2,1-3H3. The summed E-state index contributed by atoms with van der Waals surface area (Å²) in [5.74, 6) is 0.705. The highest BCUT2D eigenvalue weighted by molar-refractivity contribution is 7.09. The molecule has 2 aromatic heterocycles. The summed E-state index contributed by atoms with van der Waals surface area (Å²) in [4.78, 5) is 20.8. The molecule has 0 aliphatic heterocycles. The Morgan fingerprint density at radius 1 is 1.47 bits per heavy atom. The Morgan fingerprint density at radius 3 is 2.74 bits per heavy atom. The van der Waals surface area contributed by atoms with Gasteiger partial charge in [0.25, 0.3) is 5.69 Å². The molecule has 2 rings (SSSR count). The van der Waals surface area contributed by atoms with Gasteiger partial charge in [-0.3, -0.25) is 10.1 Å². The van der Waals surface area contributed by atoms with Crippen molar-refractivity contribution in [2.24, 2.45) is 0 Å². The molecule has 0 fully saturated rings. The largest absolute Gasteiger partial charge is 0.353 e. The molecule has 100 valence electrons. The highest BCUT2D eigenvalue weighted by atomic mass is 32.1. The Labute approximate surface area is 114 Å². The predicted molar refractivity (Wildman–Crippen MR) is 74.6 cm³/mol. The quantitative estimate of drug-likeness (QED) is 0.635. The highest BCUT2D eigenvalue weighted by Gasteiger charge is 2.14. The van der Waals surface area contributed by atoms with Gasteiger partial charge in [0, 0.05) is 23.7 Å². The summed E-state index contributed by atoms with van der Waals surface area (Å²) in [7, 11) is 1.89. The first kappa shape index (κ1) is 13.4. The van der Waals surface area contributed by atoms with Gasteiger partial charge in [-0.05, 0) is 19.9 Å². The van der Waals surface area contributed by atoms with Gasteiger partial charge in [-0.15, -0.1) is 11.3 Å². The van der Waals surface area contributed by atoms with Gasteiger partial charge in [-0.25, -0.2) is 9.97 Å². The zero-order valence-corrected chi connectivity index (χ0v) is 11.8. The third-order valence-corrected chi connectivity index (χ3v) is 3.65. The fourth-order valence-corrected chi connectivity index (χ4v) is 2.52. The van der Waals surface area contributed by atoms with E-state index in [4.69, 9.17) is 0 Å². The molecule has 0 atom stereocenters. The van der Waals surface area contributed by atoms with Crippen molar-refractivity contribution in [1.82, 2.24) is 9.97 Å². The van der Waals surface area contributed by atoms with Crippen molar-refractivity contribution in [2.75, 3.05) is 11.9 Å². The van der Waals surface area contributed by atoms with Crippen LogP contribution in [0.2, 0.25) is 0 Å². The fourth-order valence-electron chi connectivity index (χ4n) is 1.69. The van der Waals surface area contributed by atoms with Crippen molar-refractivity contribution < 1.29 is 4.92 Å². The van der Waals surface area contributed by atoms with Crippen LogP contribution in [0.3, 0.4) is 0 Å². The van der Waals surface area contributed by atoms with E-state index in [-0.39, 0.29) is 5.69 Å². The minimum absolute atomic E-state index is 0.0437. The van der Waals surface area contributed by atoms with E-state index in [2.05, 4.69) is 9.97 Å². The van der Waals surface area contributed by atoms with E-state index in [1.165, 1.54) is 6.20 Å². The van der Waals surface area contributed by atoms with Crippen molar-refractivity contribution in [2.45, 2.75) is 20.4 Å². The van der Waals surface area contributed by atoms with Crippen LogP contribution in [0.25, 0.3) is 0 Å². The maximum absolute atomic E-state index is 10.7. The maximum atomic E-state index is 10.7. The summed E-state index contributed by atoms with van der Waals surface area (Å²) >= 11 is 1.60. The summed E-state index contributed by atoms with van der Waals surface area (Å²) in [5.41, 5.74) is 1.65. The summed E-state index contributed by atoms with van der Waals surface area (Å²) in [6.45, 7) is 4.31. The van der Waals surface area contributed by atoms with Crippen molar-refractivity contribution in [3.63, 3.8) is 0 Å². The maximum Gasteiger partial charge on any atom is 0.290 e. The topological polar surface area (TPSA) is 72.2 Å². The third kappa shape index (κ3) is 3.05. The summed E-state index contributed by atoms with van der Waals surface area (Å²) < 4.78 is 0. The Bertz CT molecular complexity index is 612. The second kappa shape index (κ2) is 5.31. The molecule has 0 bridgehead atoms. The molecule has 0 aliphatic rings. The van der Waals surface area contributed by atoms with Crippen molar-refractivity contribution >= 4 is 22.8 Å². The smallest absolute Gasteiger partial charge is 0.290 e. The monoisotopic (exact) mass is 278 g/mol. The summed E-state index contributed by atoms with van der Waals surface area (Å²) in [5, 5.41) is 13.7. The van der Waals surface area contributed by atoms with Crippen LogP contribution in [-0.4, -0.2) is 21.9 Å². The summed E-state index contributed by atoms with van der Waals surface area (Å²) in [6, 6.07) is 1.72. The molecule has 19 heavy (non-hydrogen) atoms. The van der Waals surface area contributed by atoms with Gasteiger partial charge < -0.3 is 4.90 Å². The van der Waals surface area contributed by atoms with E-state index >= 15 is 0 Å². The molecular formula is C12H14N4O2S. The lowest BCUT2D eigenvalue weighted by atomic mass is 10.2. The van der Waals surface area contributed by atoms with Crippen LogP contribution in [0.5, 0.6) is 0 Å². The lowest BCUT2D eigenvalue weighted by molar-refractivity contribution is -0.385. The minimum Gasteiger partial charge on any atom is -0.353 e. The molecule has 0 amide bonds. The third-order valence-electron chi connectivity index (χ3n) is 2.70. The zero-order valence-electron chi connectivity index (χ0n) is 11.0. The number of rotatable bonds is 4. The van der Waals surface area contributed by atoms with Crippen LogP contribution in [0, 0.1) is 24.0 Å². The molecule has 0 radical (unpaired) electrons. The number of pyridine rings is 1. The van der Waals surface area contributed by atoms with Crippen molar-refractivity contribution in [3.05, 3.63) is 44.0 Å². The fraction of sp³-hybridized carbons (Fsp3) is 0.333. The van der Waals surface area contributed by atoms with Crippen LogP contribution in [0.1, 0.15) is 16.3 Å². The number of aryl methyl sites for hydroxylation is 2. The van der Waals surface area contributed by atoms with E-state index in [0.29, 0.717) is 17.9 Å². The van der Waals surface area contributed by atoms with Gasteiger partial charge in [0.05, 0.1) is 11.5 Å². The molecule has 6 nitrogen and oxygen atoms in total. The number of nitro groups is 1. The second-order valence-electron chi connectivity index (χ2n) is 4.32. The Hall–Kier alpha value is -2.02. The van der Waals surface area contributed by atoms with E-state index < -0.39 is 4.92 Å². The van der Waals surface area contributed by atoms with Crippen LogP contribution in [-0.2, 0) is 6.54 Å². The van der Waals surface area contributed by atoms with E-state index in [0.717, 1.165) is 10.7 Å². The van der Waals surface area contributed by atoms with E-state index in [1.807, 2.05) is 24.3 Å². The molecule has 0 unspecified atom stereocenters. The van der Waals surface area contributed by atoms with E-state index in [1.54, 1.807) is 24.3 Å². The Kier molecular flexibility index (Phi) is 3.75. The molecule has 0 saturated heterocycles. The molecule has 0 aliphatic carbocycles. The zero-order chi connectivity index (χ0) is 14.0. The first-order valence-electron chi connectivity index (χ1n) is 5.70. The van der Waals surface area contributed by atoms with Gasteiger partial charge in [-0.2, -0.15) is 0 Å². The van der Waals surface area contributed by atoms with Gasteiger partial charge >= 0.3 is 0 Å². The number of nitrogens with zero attached hydrogens (tertiary/aromatic N) is 4. The lowest BCUT2D eigenvalue weighted by Crippen LogP contribution is -2.17. The molecule has 2 heterocycles. The van der Waals surface area contributed by atoms with Crippen LogP contribution in [0.4, 0.5) is 11.5 Å². The molecule has 0 aromatic carbocycles. The molecule has 0 spiro atoms. The van der Waals surface area contributed by atoms with Gasteiger partial charge in [0.1, 0.15) is 17.0 Å². The Balaban J connectivity index is 2.17. The molecule has 0 saturated carbocycles. The van der Waals surface area contributed by atoms with Crippen molar-refractivity contribution in [3.8, 4) is 0 Å². The van der Waals surface area contributed by atoms with Gasteiger partial charge in [-0.1, -0.05) is 0 Å². The van der Waals surface area contributed by atoms with Crippen LogP contribution >= 0.6 is 11.3 Å². The van der Waals surface area contributed by atoms with Crippen molar-refractivity contribution in [1.29, 1.82) is 0 Å². The first-order chi connectivity index (χ1) is 8.97. The molecule has 7 heteroatoms. The lowest BCUT2D eigenvalue weighted by Gasteiger charge is -2.16. The Morgan fingerprint density at radius 2 is 2.21 bits per heavy atom. The molecule has 0 N–H and O–H groups in total. The number of thiazole rings is 1. The number of hydrogen-bond acceptors (Lipinski definition) is 6. The second-order valence-corrected chi connectivity index (χ2v) is 5.27. The number of hydrogen-bond donors (Lipinski definition) is 0. The summed E-state index contributed by atoms with van der Waals surface area (Å²) in [6.07, 6.45) is 1.30. The molecule has 2 aromatic rings. The van der Waals surface area contributed by atoms with Gasteiger partial charge in [0.2, 0.25) is 0 Å². The number of anilines is 1. The SMILES string of the molecule is Cc1csc(CN(C)c2cc(C)c([N+](=O)[O-])cn2)n1. The molecular weight excluding hydrogens is 264 g/mol. The average Bonchev–Trinajstić information content (AvgIpc) is 2.74. The van der Waals surface area contributed by atoms with Gasteiger partial charge in [0.15, 0.2) is 0 Å². The van der Waals surface area contributed by atoms with Crippen LogP contribution in [0.15, 0.2) is 17.6 Å². The van der Waals surface area contributed by atoms with E-state index in [9.17, 15) is 10.1 Å². The normalized spacial score (nSPS) is 10.5. The van der Waals surface area contributed by atoms with Crippen LogP contribution < -0.4 is 4.90 Å². The number of aromatic nitrogens is 2. The average molecular weight is 278 g/mol. The predicted octanol–water partition coefficient (Wildman–Crippen LogP) is 2.70. The first-order valence-corrected chi connectivity index (χ1v) is 6.58. The highest BCUT2D eigenvalue weighted by Crippen LogP contribution is 2.22.